The van der Waals surface area contributed by atoms with E-state index in [-0.39, 0.29) is 0 Å². The molecule has 0 amide bonds. The lowest BCUT2D eigenvalue weighted by Crippen LogP contribution is -2.46. The van der Waals surface area contributed by atoms with E-state index < -0.39 is 11.7 Å². The molecule has 3 rings (SSSR count). The number of rotatable bonds is 3. The van der Waals surface area contributed by atoms with Gasteiger partial charge >= 0.3 is 6.18 Å². The summed E-state index contributed by atoms with van der Waals surface area (Å²) in [5, 5.41) is 11.7. The number of nitrogens with zero attached hydrogens (tertiary/aromatic N) is 4. The molecule has 9 heteroatoms. The lowest BCUT2D eigenvalue weighted by molar-refractivity contribution is -0.137. The van der Waals surface area contributed by atoms with Crippen molar-refractivity contribution in [2.45, 2.75) is 6.18 Å². The van der Waals surface area contributed by atoms with Gasteiger partial charge < -0.3 is 9.80 Å². The molecule has 2 aromatic carbocycles. The van der Waals surface area contributed by atoms with Gasteiger partial charge in [0, 0.05) is 37.6 Å². The molecule has 1 N–H and O–H groups in total. The van der Waals surface area contributed by atoms with Crippen LogP contribution in [0.15, 0.2) is 53.5 Å². The van der Waals surface area contributed by atoms with E-state index >= 15 is 0 Å². The monoisotopic (exact) mass is 419 g/mol. The molecule has 2 aromatic rings. The Labute approximate surface area is 171 Å². The van der Waals surface area contributed by atoms with E-state index in [4.69, 9.17) is 5.26 Å². The van der Waals surface area contributed by atoms with E-state index in [0.29, 0.717) is 37.0 Å². The highest BCUT2D eigenvalue weighted by molar-refractivity contribution is 8.13. The molecule has 0 bridgehead atoms. The molecule has 0 unspecified atom stereocenters. The van der Waals surface area contributed by atoms with Gasteiger partial charge in [0.1, 0.15) is 0 Å². The Balaban J connectivity index is 1.63. The first-order chi connectivity index (χ1) is 13.9. The normalized spacial score (nSPS) is 15.2. The summed E-state index contributed by atoms with van der Waals surface area (Å²) in [7, 11) is 0. The molecule has 1 saturated heterocycles. The quantitative estimate of drug-likeness (QED) is 0.345. The molecule has 1 fully saturated rings. The predicted octanol–water partition coefficient (Wildman–Crippen LogP) is 4.45. The second-order valence-corrected chi connectivity index (χ2v) is 7.19. The lowest BCUT2D eigenvalue weighted by Gasteiger charge is -2.37. The number of anilines is 2. The van der Waals surface area contributed by atoms with E-state index in [1.807, 2.05) is 41.6 Å². The van der Waals surface area contributed by atoms with Crippen molar-refractivity contribution in [3.05, 3.63) is 54.1 Å². The first kappa shape index (κ1) is 20.9. The minimum Gasteiger partial charge on any atom is -0.368 e. The Bertz CT molecular complexity index is 898. The van der Waals surface area contributed by atoms with E-state index in [0.717, 1.165) is 17.4 Å². The Morgan fingerprint density at radius 3 is 2.21 bits per heavy atom. The fourth-order valence-corrected chi connectivity index (χ4v) is 3.47. The van der Waals surface area contributed by atoms with Gasteiger partial charge in [-0.3, -0.25) is 5.32 Å². The second-order valence-electron chi connectivity index (χ2n) is 6.40. The number of piperazine rings is 1. The zero-order valence-electron chi connectivity index (χ0n) is 15.8. The number of hydrogen-bond donors (Lipinski definition) is 1. The summed E-state index contributed by atoms with van der Waals surface area (Å²) >= 11 is 1.35. The SMILES string of the molecule is CSC(=Nc1ccc(N2CCN(c3cccc(C(F)(F)F)c3)CC2)cc1)NC#N. The van der Waals surface area contributed by atoms with Crippen molar-refractivity contribution in [2.24, 2.45) is 4.99 Å². The average Bonchev–Trinajstić information content (AvgIpc) is 2.73. The highest BCUT2D eigenvalue weighted by atomic mass is 32.2. The third-order valence-electron chi connectivity index (χ3n) is 4.62. The van der Waals surface area contributed by atoms with Gasteiger partial charge in [-0.25, -0.2) is 4.99 Å². The van der Waals surface area contributed by atoms with E-state index in [1.165, 1.54) is 23.9 Å². The van der Waals surface area contributed by atoms with Crippen LogP contribution in [0.3, 0.4) is 0 Å². The molecule has 0 spiro atoms. The maximum atomic E-state index is 12.9. The van der Waals surface area contributed by atoms with Gasteiger partial charge in [-0.15, -0.1) is 0 Å². The van der Waals surface area contributed by atoms with Crippen LogP contribution < -0.4 is 15.1 Å². The highest BCUT2D eigenvalue weighted by Crippen LogP contribution is 2.32. The molecule has 1 aliphatic rings. The van der Waals surface area contributed by atoms with E-state index in [2.05, 4.69) is 15.2 Å². The first-order valence-electron chi connectivity index (χ1n) is 8.95. The Morgan fingerprint density at radius 1 is 1.03 bits per heavy atom. The van der Waals surface area contributed by atoms with Crippen LogP contribution in [0, 0.1) is 11.5 Å². The number of thioether (sulfide) groups is 1. The van der Waals surface area contributed by atoms with Crippen molar-refractivity contribution >= 4 is 34.0 Å². The maximum Gasteiger partial charge on any atom is 0.416 e. The largest absolute Gasteiger partial charge is 0.416 e. The lowest BCUT2D eigenvalue weighted by atomic mass is 10.1. The highest BCUT2D eigenvalue weighted by Gasteiger charge is 2.31. The van der Waals surface area contributed by atoms with Crippen LogP contribution in [-0.4, -0.2) is 37.6 Å². The molecular formula is C20H20F3N5S. The molecule has 0 aliphatic carbocycles. The topological polar surface area (TPSA) is 54.7 Å². The number of nitriles is 1. The fourth-order valence-electron chi connectivity index (χ4n) is 3.13. The number of alkyl halides is 3. The molecule has 0 atom stereocenters. The van der Waals surface area contributed by atoms with Crippen LogP contribution >= 0.6 is 11.8 Å². The summed E-state index contributed by atoms with van der Waals surface area (Å²) in [6.45, 7) is 2.71. The molecule has 0 saturated carbocycles. The van der Waals surface area contributed by atoms with Crippen LogP contribution in [0.25, 0.3) is 0 Å². The van der Waals surface area contributed by atoms with Crippen molar-refractivity contribution in [2.75, 3.05) is 42.2 Å². The van der Waals surface area contributed by atoms with Crippen molar-refractivity contribution in [3.63, 3.8) is 0 Å². The molecule has 29 heavy (non-hydrogen) atoms. The van der Waals surface area contributed by atoms with Crippen LogP contribution in [0.5, 0.6) is 0 Å². The number of benzene rings is 2. The van der Waals surface area contributed by atoms with E-state index in [9.17, 15) is 13.2 Å². The molecule has 1 aliphatic heterocycles. The van der Waals surface area contributed by atoms with Crippen molar-refractivity contribution in [3.8, 4) is 6.19 Å². The third kappa shape index (κ3) is 5.35. The third-order valence-corrected chi connectivity index (χ3v) is 5.20. The molecule has 5 nitrogen and oxygen atoms in total. The minimum atomic E-state index is -4.33. The number of amidine groups is 1. The number of aliphatic imine (C=N–C) groups is 1. The van der Waals surface area contributed by atoms with Gasteiger partial charge in [0.15, 0.2) is 11.4 Å². The standard InChI is InChI=1S/C20H20F3N5S/c1-29-19(25-14-24)26-16-5-7-17(8-6-16)27-9-11-28(12-10-27)18-4-2-3-15(13-18)20(21,22)23/h2-8,13H,9-12H2,1H3,(H,25,26). The summed E-state index contributed by atoms with van der Waals surface area (Å²) in [6, 6.07) is 13.2. The van der Waals surface area contributed by atoms with Gasteiger partial charge in [0.25, 0.3) is 0 Å². The molecule has 0 aromatic heterocycles. The van der Waals surface area contributed by atoms with E-state index in [1.54, 1.807) is 6.07 Å². The summed E-state index contributed by atoms with van der Waals surface area (Å²) in [4.78, 5) is 8.53. The van der Waals surface area contributed by atoms with Crippen molar-refractivity contribution in [1.29, 1.82) is 5.26 Å². The molecule has 152 valence electrons. The van der Waals surface area contributed by atoms with Crippen LogP contribution in [-0.2, 0) is 6.18 Å². The summed E-state index contributed by atoms with van der Waals surface area (Å²) < 4.78 is 38.8. The summed E-state index contributed by atoms with van der Waals surface area (Å²) in [5.74, 6) is 0. The molecule has 1 heterocycles. The predicted molar refractivity (Wildman–Crippen MR) is 112 cm³/mol. The van der Waals surface area contributed by atoms with Crippen molar-refractivity contribution < 1.29 is 13.2 Å². The zero-order chi connectivity index (χ0) is 20.9. The number of hydrogen-bond acceptors (Lipinski definition) is 5. The second kappa shape index (κ2) is 9.09. The molecule has 0 radical (unpaired) electrons. The van der Waals surface area contributed by atoms with Gasteiger partial charge in [-0.1, -0.05) is 17.8 Å². The number of halogens is 3. The summed E-state index contributed by atoms with van der Waals surface area (Å²) in [6.07, 6.45) is -0.643. The van der Waals surface area contributed by atoms with Crippen LogP contribution in [0.2, 0.25) is 0 Å². The van der Waals surface area contributed by atoms with Gasteiger partial charge in [-0.05, 0) is 48.7 Å². The Kier molecular flexibility index (Phi) is 6.54. The van der Waals surface area contributed by atoms with Gasteiger partial charge in [0.05, 0.1) is 11.3 Å². The van der Waals surface area contributed by atoms with Crippen LogP contribution in [0.4, 0.5) is 30.2 Å². The Morgan fingerprint density at radius 2 is 1.66 bits per heavy atom. The average molecular weight is 419 g/mol. The van der Waals surface area contributed by atoms with Crippen LogP contribution in [0.1, 0.15) is 5.56 Å². The fraction of sp³-hybridized carbons (Fsp3) is 0.300. The number of nitrogens with one attached hydrogen (secondary N) is 1. The van der Waals surface area contributed by atoms with Crippen molar-refractivity contribution in [1.82, 2.24) is 5.32 Å². The zero-order valence-corrected chi connectivity index (χ0v) is 16.6. The maximum absolute atomic E-state index is 12.9. The summed E-state index contributed by atoms with van der Waals surface area (Å²) in [5.41, 5.74) is 1.75. The smallest absolute Gasteiger partial charge is 0.368 e. The first-order valence-corrected chi connectivity index (χ1v) is 10.2. The van der Waals surface area contributed by atoms with Gasteiger partial charge in [-0.2, -0.15) is 18.4 Å². The molecular weight excluding hydrogens is 399 g/mol. The Hall–Kier alpha value is -2.86. The minimum absolute atomic E-state index is 0.523. The van der Waals surface area contributed by atoms with Gasteiger partial charge in [0.2, 0.25) is 0 Å².